The van der Waals surface area contributed by atoms with Crippen LogP contribution in [0.3, 0.4) is 0 Å². The number of fused-ring (bicyclic) bond motifs is 1. The van der Waals surface area contributed by atoms with Gasteiger partial charge >= 0.3 is 5.97 Å². The number of nitrogens with one attached hydrogen (secondary N) is 1. The third kappa shape index (κ3) is 6.42. The molecule has 2 N–H and O–H groups in total. The molecule has 2 aromatic carbocycles. The Hall–Kier alpha value is -3.56. The van der Waals surface area contributed by atoms with Crippen molar-refractivity contribution in [2.45, 2.75) is 56.8 Å². The van der Waals surface area contributed by atoms with E-state index in [2.05, 4.69) is 10.3 Å². The van der Waals surface area contributed by atoms with E-state index in [1.807, 2.05) is 30.3 Å². The van der Waals surface area contributed by atoms with Crippen LogP contribution >= 0.6 is 11.6 Å². The highest BCUT2D eigenvalue weighted by Crippen LogP contribution is 2.29. The average Bonchev–Trinajstić information content (AvgIpc) is 3.33. The molecule has 3 aromatic rings. The minimum atomic E-state index is -1.12. The summed E-state index contributed by atoms with van der Waals surface area (Å²) < 4.78 is 20.3. The summed E-state index contributed by atoms with van der Waals surface area (Å²) in [6, 6.07) is 13.9. The van der Waals surface area contributed by atoms with E-state index in [1.165, 1.54) is 4.90 Å². The van der Waals surface area contributed by atoms with Gasteiger partial charge in [0.2, 0.25) is 5.91 Å². The Morgan fingerprint density at radius 1 is 1.10 bits per heavy atom. The maximum atomic E-state index is 14.3. The van der Waals surface area contributed by atoms with Gasteiger partial charge in [0, 0.05) is 18.0 Å². The molecule has 0 radical (unpaired) electrons. The van der Waals surface area contributed by atoms with Crippen molar-refractivity contribution in [1.29, 1.82) is 0 Å². The normalized spacial score (nSPS) is 22.8. The summed E-state index contributed by atoms with van der Waals surface area (Å²) in [6.07, 6.45) is 3.06. The molecule has 1 saturated heterocycles. The molecule has 2 fully saturated rings. The fourth-order valence-electron chi connectivity index (χ4n) is 5.57. The zero-order valence-electron chi connectivity index (χ0n) is 21.9. The van der Waals surface area contributed by atoms with Crippen molar-refractivity contribution in [2.75, 3.05) is 18.5 Å². The lowest BCUT2D eigenvalue weighted by molar-refractivity contribution is -0.144. The molecular weight excluding hydrogens is 537 g/mol. The second kappa shape index (κ2) is 12.3. The number of ether oxygens (including phenoxy) is 1. The number of aromatic nitrogens is 1. The van der Waals surface area contributed by atoms with E-state index in [0.717, 1.165) is 10.8 Å². The van der Waals surface area contributed by atoms with Crippen molar-refractivity contribution in [2.24, 2.45) is 5.92 Å². The Bertz CT molecular complexity index is 1410. The van der Waals surface area contributed by atoms with Gasteiger partial charge in [-0.05, 0) is 54.8 Å². The van der Waals surface area contributed by atoms with E-state index in [9.17, 15) is 18.8 Å². The van der Waals surface area contributed by atoms with Crippen LogP contribution in [0.4, 0.5) is 10.1 Å². The molecule has 5 rings (SSSR count). The van der Waals surface area contributed by atoms with Crippen molar-refractivity contribution in [3.05, 3.63) is 71.0 Å². The topological polar surface area (TPSA) is 109 Å². The third-order valence-electron chi connectivity index (χ3n) is 7.76. The summed E-state index contributed by atoms with van der Waals surface area (Å²) in [5, 5.41) is 13.9. The number of rotatable bonds is 8. The van der Waals surface area contributed by atoms with E-state index < -0.39 is 18.0 Å². The Kier molecular flexibility index (Phi) is 8.61. The molecule has 1 aliphatic carbocycles. The van der Waals surface area contributed by atoms with Gasteiger partial charge in [-0.25, -0.2) is 4.39 Å². The molecule has 10 heteroatoms. The first-order chi connectivity index (χ1) is 19.3. The van der Waals surface area contributed by atoms with E-state index in [-0.39, 0.29) is 60.7 Å². The number of hydrogen-bond donors (Lipinski definition) is 2. The van der Waals surface area contributed by atoms with E-state index in [4.69, 9.17) is 21.4 Å². The van der Waals surface area contributed by atoms with Crippen molar-refractivity contribution in [3.63, 3.8) is 0 Å². The van der Waals surface area contributed by atoms with Crippen LogP contribution in [0.2, 0.25) is 5.02 Å². The Balaban J connectivity index is 1.18. The van der Waals surface area contributed by atoms with Gasteiger partial charge in [-0.3, -0.25) is 19.4 Å². The molecule has 8 nitrogen and oxygen atoms in total. The number of nitrogens with zero attached hydrogens (tertiary/aromatic N) is 2. The lowest BCUT2D eigenvalue weighted by atomic mass is 9.87. The zero-order valence-corrected chi connectivity index (χ0v) is 22.6. The molecule has 2 atom stereocenters. The number of alkyl halides is 1. The van der Waals surface area contributed by atoms with Crippen molar-refractivity contribution in [1.82, 2.24) is 9.88 Å². The number of carbonyl (C=O) groups is 3. The van der Waals surface area contributed by atoms with Gasteiger partial charge in [0.15, 0.2) is 0 Å². The number of carboxylic acids is 1. The maximum Gasteiger partial charge on any atom is 0.306 e. The number of pyridine rings is 1. The van der Waals surface area contributed by atoms with Gasteiger partial charge in [-0.1, -0.05) is 41.9 Å². The summed E-state index contributed by atoms with van der Waals surface area (Å²) in [7, 11) is 0. The van der Waals surface area contributed by atoms with Crippen molar-refractivity contribution in [3.8, 4) is 0 Å². The molecule has 40 heavy (non-hydrogen) atoms. The van der Waals surface area contributed by atoms with Gasteiger partial charge in [0.05, 0.1) is 48.3 Å². The lowest BCUT2D eigenvalue weighted by Crippen LogP contribution is -2.40. The summed E-state index contributed by atoms with van der Waals surface area (Å²) in [5.74, 6) is -1.73. The molecule has 2 heterocycles. The standard InChI is InChI=1S/C30H31ClFN3O5/c31-25-13-18(5-10-26(25)34-29(37)28-24-4-2-1-3-19(24)11-12-33-28)14-27(36)35-16-21(32)15-22(35)17-40-23-8-6-20(7-9-23)30(38)39/h1-5,10-13,20-23H,6-9,14-17H2,(H,34,37)(H,38,39)/t20-,21-,22-,23-/m0/s1. The number of halogens is 2. The van der Waals surface area contributed by atoms with Crippen LogP contribution in [0.25, 0.3) is 10.8 Å². The first kappa shape index (κ1) is 28.0. The van der Waals surface area contributed by atoms with E-state index in [1.54, 1.807) is 24.4 Å². The first-order valence-electron chi connectivity index (χ1n) is 13.5. The molecule has 0 bridgehead atoms. The molecule has 2 amide bonds. The summed E-state index contributed by atoms with van der Waals surface area (Å²) in [5.41, 5.74) is 1.32. The number of likely N-dealkylation sites (tertiary alicyclic amines) is 1. The molecule has 1 saturated carbocycles. The maximum absolute atomic E-state index is 14.3. The zero-order chi connectivity index (χ0) is 28.2. The Morgan fingerprint density at radius 2 is 1.88 bits per heavy atom. The number of hydrogen-bond acceptors (Lipinski definition) is 5. The minimum absolute atomic E-state index is 0.0124. The summed E-state index contributed by atoms with van der Waals surface area (Å²) in [6.45, 7) is 0.237. The number of carboxylic acid groups (broad SMARTS) is 1. The fourth-order valence-corrected chi connectivity index (χ4v) is 5.83. The van der Waals surface area contributed by atoms with E-state index >= 15 is 0 Å². The largest absolute Gasteiger partial charge is 0.481 e. The van der Waals surface area contributed by atoms with Crippen molar-refractivity contribution < 1.29 is 28.6 Å². The van der Waals surface area contributed by atoms with Crippen LogP contribution < -0.4 is 5.32 Å². The van der Waals surface area contributed by atoms with Gasteiger partial charge in [0.25, 0.3) is 5.91 Å². The van der Waals surface area contributed by atoms with Crippen LogP contribution in [0, 0.1) is 5.92 Å². The molecule has 1 aliphatic heterocycles. The van der Waals surface area contributed by atoms with Crippen LogP contribution in [0.15, 0.2) is 54.7 Å². The molecule has 210 valence electrons. The minimum Gasteiger partial charge on any atom is -0.481 e. The fraction of sp³-hybridized carbons (Fsp3) is 0.400. The Labute approximate surface area is 236 Å². The lowest BCUT2D eigenvalue weighted by Gasteiger charge is -2.29. The number of anilines is 1. The molecule has 0 spiro atoms. The van der Waals surface area contributed by atoms with Crippen LogP contribution in [0.1, 0.15) is 48.2 Å². The summed E-state index contributed by atoms with van der Waals surface area (Å²) >= 11 is 6.46. The highest BCUT2D eigenvalue weighted by molar-refractivity contribution is 6.34. The summed E-state index contributed by atoms with van der Waals surface area (Å²) in [4.78, 5) is 43.0. The number of benzene rings is 2. The number of amides is 2. The van der Waals surface area contributed by atoms with Gasteiger partial charge in [-0.2, -0.15) is 0 Å². The molecular formula is C30H31ClFN3O5. The SMILES string of the molecule is O=C(Nc1ccc(CC(=O)N2C[C@@H](F)C[C@H]2CO[C@H]2CC[C@H](C(=O)O)CC2)cc1Cl)c1nccc2ccccc12. The second-order valence-electron chi connectivity index (χ2n) is 10.5. The molecule has 2 aliphatic rings. The smallest absolute Gasteiger partial charge is 0.306 e. The molecule has 0 unspecified atom stereocenters. The number of aliphatic carboxylic acids is 1. The second-order valence-corrected chi connectivity index (χ2v) is 10.9. The van der Waals surface area contributed by atoms with Crippen LogP contribution in [-0.4, -0.2) is 64.2 Å². The monoisotopic (exact) mass is 567 g/mol. The predicted octanol–water partition coefficient (Wildman–Crippen LogP) is 5.28. The predicted molar refractivity (Wildman–Crippen MR) is 149 cm³/mol. The highest BCUT2D eigenvalue weighted by atomic mass is 35.5. The Morgan fingerprint density at radius 3 is 2.62 bits per heavy atom. The molecule has 1 aromatic heterocycles. The van der Waals surface area contributed by atoms with E-state index in [0.29, 0.717) is 36.9 Å². The van der Waals surface area contributed by atoms with Crippen molar-refractivity contribution >= 4 is 45.8 Å². The first-order valence-corrected chi connectivity index (χ1v) is 13.9. The van der Waals surface area contributed by atoms with Gasteiger partial charge in [0.1, 0.15) is 11.9 Å². The van der Waals surface area contributed by atoms with Gasteiger partial charge < -0.3 is 20.1 Å². The van der Waals surface area contributed by atoms with Gasteiger partial charge in [-0.15, -0.1) is 0 Å². The number of carbonyl (C=O) groups excluding carboxylic acids is 2. The third-order valence-corrected chi connectivity index (χ3v) is 8.07. The van der Waals surface area contributed by atoms with Crippen LogP contribution in [-0.2, 0) is 20.7 Å². The van der Waals surface area contributed by atoms with Crippen LogP contribution in [0.5, 0.6) is 0 Å². The quantitative estimate of drug-likeness (QED) is 0.383. The highest BCUT2D eigenvalue weighted by Gasteiger charge is 2.36. The average molecular weight is 568 g/mol.